The van der Waals surface area contributed by atoms with Crippen LogP contribution in [0.2, 0.25) is 0 Å². The lowest BCUT2D eigenvalue weighted by atomic mass is 9.95. The topological polar surface area (TPSA) is 35.5 Å². The molecule has 25 heavy (non-hydrogen) atoms. The Kier molecular flexibility index (Phi) is 6.24. The van der Waals surface area contributed by atoms with Gasteiger partial charge in [-0.15, -0.1) is 7.92 Å². The summed E-state index contributed by atoms with van der Waals surface area (Å²) < 4.78 is 11.8. The van der Waals surface area contributed by atoms with E-state index in [0.29, 0.717) is 12.8 Å². The molecule has 0 fully saturated rings. The van der Waals surface area contributed by atoms with E-state index >= 15 is 0 Å². The molecule has 0 aliphatic carbocycles. The third kappa shape index (κ3) is 5.80. The standard InChI is InChI=1S/C21H29O3P/c1-20(2,24-19(22)14-25(5)6)15-23-21(3,4)18-12-11-16-9-7-8-10-17(16)13-18/h7-13H,14-15H2,1-6H3. The average Bonchev–Trinajstić information content (AvgIpc) is 2.51. The minimum atomic E-state index is -0.642. The fraction of sp³-hybridized carbons (Fsp3) is 0.476. The van der Waals surface area contributed by atoms with Crippen molar-refractivity contribution in [1.82, 2.24) is 0 Å². The monoisotopic (exact) mass is 360 g/mol. The van der Waals surface area contributed by atoms with Gasteiger partial charge in [0.2, 0.25) is 0 Å². The van der Waals surface area contributed by atoms with Crippen LogP contribution in [0, 0.1) is 0 Å². The first kappa shape index (κ1) is 19.9. The van der Waals surface area contributed by atoms with Crippen molar-refractivity contribution < 1.29 is 14.3 Å². The van der Waals surface area contributed by atoms with Crippen molar-refractivity contribution in [3.8, 4) is 0 Å². The molecule has 0 radical (unpaired) electrons. The first-order valence-corrected chi connectivity index (χ1v) is 11.0. The van der Waals surface area contributed by atoms with Gasteiger partial charge in [-0.25, -0.2) is 0 Å². The second kappa shape index (κ2) is 7.85. The van der Waals surface area contributed by atoms with E-state index in [4.69, 9.17) is 9.47 Å². The van der Waals surface area contributed by atoms with Crippen LogP contribution in [0.5, 0.6) is 0 Å². The predicted molar refractivity (Wildman–Crippen MR) is 107 cm³/mol. The molecule has 0 spiro atoms. The largest absolute Gasteiger partial charge is 0.457 e. The highest BCUT2D eigenvalue weighted by atomic mass is 31.1. The van der Waals surface area contributed by atoms with Gasteiger partial charge in [0.15, 0.2) is 0 Å². The molecule has 0 amide bonds. The van der Waals surface area contributed by atoms with Crippen molar-refractivity contribution in [3.05, 3.63) is 48.0 Å². The first-order chi connectivity index (χ1) is 11.6. The van der Waals surface area contributed by atoms with E-state index in [1.54, 1.807) is 0 Å². The van der Waals surface area contributed by atoms with Gasteiger partial charge in [-0.2, -0.15) is 0 Å². The van der Waals surface area contributed by atoms with E-state index in [9.17, 15) is 4.79 Å². The summed E-state index contributed by atoms with van der Waals surface area (Å²) >= 11 is 0. The number of ether oxygens (including phenoxy) is 2. The zero-order valence-electron chi connectivity index (χ0n) is 16.1. The van der Waals surface area contributed by atoms with Crippen LogP contribution in [0.1, 0.15) is 33.3 Å². The summed E-state index contributed by atoms with van der Waals surface area (Å²) in [5.41, 5.74) is 0.00538. The number of carbonyl (C=O) groups excluding carboxylic acids is 1. The fourth-order valence-electron chi connectivity index (χ4n) is 2.63. The van der Waals surface area contributed by atoms with Gasteiger partial charge in [0.25, 0.3) is 0 Å². The van der Waals surface area contributed by atoms with Gasteiger partial charge in [-0.05, 0) is 63.4 Å². The molecule has 0 saturated heterocycles. The van der Waals surface area contributed by atoms with Gasteiger partial charge >= 0.3 is 5.97 Å². The summed E-state index contributed by atoms with van der Waals surface area (Å²) in [6.45, 7) is 12.4. The normalized spacial score (nSPS) is 12.6. The van der Waals surface area contributed by atoms with E-state index in [1.807, 2.05) is 39.8 Å². The number of carbonyl (C=O) groups is 1. The van der Waals surface area contributed by atoms with Crippen LogP contribution in [-0.2, 0) is 19.9 Å². The van der Waals surface area contributed by atoms with Gasteiger partial charge in [0, 0.05) is 0 Å². The van der Waals surface area contributed by atoms with Gasteiger partial charge < -0.3 is 9.47 Å². The van der Waals surface area contributed by atoms with Crippen molar-refractivity contribution in [1.29, 1.82) is 0 Å². The SMILES string of the molecule is CP(C)CC(=O)OC(C)(C)COC(C)(C)c1ccc2ccccc2c1. The Hall–Kier alpha value is -1.44. The van der Waals surface area contributed by atoms with Crippen LogP contribution in [0.4, 0.5) is 0 Å². The maximum Gasteiger partial charge on any atom is 0.310 e. The molecule has 2 rings (SSSR count). The first-order valence-electron chi connectivity index (χ1n) is 8.59. The van der Waals surface area contributed by atoms with E-state index in [2.05, 4.69) is 43.7 Å². The van der Waals surface area contributed by atoms with Crippen molar-refractivity contribution in [2.45, 2.75) is 38.9 Å². The highest BCUT2D eigenvalue weighted by Gasteiger charge is 2.29. The van der Waals surface area contributed by atoms with Crippen LogP contribution >= 0.6 is 7.92 Å². The quantitative estimate of drug-likeness (QED) is 0.506. The minimum absolute atomic E-state index is 0.145. The molecular formula is C21H29O3P. The Balaban J connectivity index is 2.05. The van der Waals surface area contributed by atoms with Gasteiger partial charge in [-0.1, -0.05) is 36.4 Å². The van der Waals surface area contributed by atoms with Crippen molar-refractivity contribution >= 4 is 24.7 Å². The Morgan fingerprint density at radius 1 is 1.00 bits per heavy atom. The molecule has 0 aliphatic rings. The van der Waals surface area contributed by atoms with Gasteiger partial charge in [0.05, 0.1) is 18.4 Å². The van der Waals surface area contributed by atoms with Gasteiger partial charge in [-0.3, -0.25) is 4.79 Å². The molecule has 2 aromatic rings. The van der Waals surface area contributed by atoms with Crippen LogP contribution in [-0.4, -0.2) is 37.7 Å². The zero-order chi connectivity index (χ0) is 18.7. The van der Waals surface area contributed by atoms with E-state index in [-0.39, 0.29) is 13.9 Å². The third-order valence-corrected chi connectivity index (χ3v) is 4.95. The second-order valence-corrected chi connectivity index (χ2v) is 10.3. The van der Waals surface area contributed by atoms with E-state index in [0.717, 1.165) is 5.56 Å². The Labute approximate surface area is 152 Å². The van der Waals surface area contributed by atoms with Crippen LogP contribution < -0.4 is 0 Å². The number of esters is 1. The summed E-state index contributed by atoms with van der Waals surface area (Å²) in [5, 5.41) is 2.41. The summed E-state index contributed by atoms with van der Waals surface area (Å²) in [6, 6.07) is 14.7. The van der Waals surface area contributed by atoms with Crippen molar-refractivity contribution in [2.24, 2.45) is 0 Å². The molecule has 0 aromatic heterocycles. The Morgan fingerprint density at radius 3 is 2.28 bits per heavy atom. The summed E-state index contributed by atoms with van der Waals surface area (Å²) in [5.74, 6) is -0.145. The highest BCUT2D eigenvalue weighted by molar-refractivity contribution is 7.56. The molecule has 0 heterocycles. The fourth-order valence-corrected chi connectivity index (χ4v) is 3.21. The number of hydrogen-bond acceptors (Lipinski definition) is 3. The Bertz CT molecular complexity index is 735. The summed E-state index contributed by atoms with van der Waals surface area (Å²) in [4.78, 5) is 11.9. The number of benzene rings is 2. The maximum absolute atomic E-state index is 11.9. The molecule has 0 bridgehead atoms. The van der Waals surface area contributed by atoms with Crippen LogP contribution in [0.3, 0.4) is 0 Å². The highest BCUT2D eigenvalue weighted by Crippen LogP contribution is 2.30. The van der Waals surface area contributed by atoms with E-state index < -0.39 is 11.2 Å². The number of hydrogen-bond donors (Lipinski definition) is 0. The molecule has 2 aromatic carbocycles. The molecule has 4 heteroatoms. The molecule has 0 N–H and O–H groups in total. The smallest absolute Gasteiger partial charge is 0.310 e. The number of fused-ring (bicyclic) bond motifs is 1. The average molecular weight is 360 g/mol. The molecule has 3 nitrogen and oxygen atoms in total. The van der Waals surface area contributed by atoms with Crippen LogP contribution in [0.15, 0.2) is 42.5 Å². The lowest BCUT2D eigenvalue weighted by molar-refractivity contribution is -0.166. The zero-order valence-corrected chi connectivity index (χ0v) is 17.0. The molecule has 0 atom stereocenters. The van der Waals surface area contributed by atoms with E-state index in [1.165, 1.54) is 10.8 Å². The van der Waals surface area contributed by atoms with Crippen molar-refractivity contribution in [2.75, 3.05) is 26.1 Å². The molecular weight excluding hydrogens is 331 g/mol. The molecule has 0 aliphatic heterocycles. The lowest BCUT2D eigenvalue weighted by Crippen LogP contribution is -2.37. The third-order valence-electron chi connectivity index (χ3n) is 4.06. The minimum Gasteiger partial charge on any atom is -0.457 e. The summed E-state index contributed by atoms with van der Waals surface area (Å²) in [6.07, 6.45) is 0.493. The summed E-state index contributed by atoms with van der Waals surface area (Å²) in [7, 11) is -0.293. The molecule has 0 unspecified atom stereocenters. The van der Waals surface area contributed by atoms with Crippen molar-refractivity contribution in [3.63, 3.8) is 0 Å². The second-order valence-electron chi connectivity index (χ2n) is 7.83. The Morgan fingerprint density at radius 2 is 1.64 bits per heavy atom. The van der Waals surface area contributed by atoms with Gasteiger partial charge in [0.1, 0.15) is 5.60 Å². The van der Waals surface area contributed by atoms with Crippen LogP contribution in [0.25, 0.3) is 10.8 Å². The molecule has 0 saturated carbocycles. The number of rotatable bonds is 7. The maximum atomic E-state index is 11.9. The molecule has 136 valence electrons. The predicted octanol–water partition coefficient (Wildman–Crippen LogP) is 5.15. The lowest BCUT2D eigenvalue weighted by Gasteiger charge is -2.32.